The number of nitrogens with zero attached hydrogens (tertiary/aromatic N) is 1. The van der Waals surface area contributed by atoms with Crippen LogP contribution < -0.4 is 0 Å². The molecule has 0 unspecified atom stereocenters. The Morgan fingerprint density at radius 1 is 1.27 bits per heavy atom. The van der Waals surface area contributed by atoms with Crippen LogP contribution in [0.1, 0.15) is 32.1 Å². The van der Waals surface area contributed by atoms with E-state index in [0.717, 1.165) is 17.3 Å². The van der Waals surface area contributed by atoms with Crippen LogP contribution >= 0.6 is 22.6 Å². The summed E-state index contributed by atoms with van der Waals surface area (Å²) in [7, 11) is 0. The number of carbonyl (C=O) groups excluding carboxylic acids is 3. The quantitative estimate of drug-likeness (QED) is 0.330. The van der Waals surface area contributed by atoms with Crippen molar-refractivity contribution < 1.29 is 19.2 Å². The zero-order valence-electron chi connectivity index (χ0n) is 8.20. The third-order valence-corrected chi connectivity index (χ3v) is 2.73. The Kier molecular flexibility index (Phi) is 5.00. The molecule has 0 saturated carbocycles. The van der Waals surface area contributed by atoms with Gasteiger partial charge in [0.15, 0.2) is 0 Å². The van der Waals surface area contributed by atoms with Gasteiger partial charge in [0.1, 0.15) is 0 Å². The van der Waals surface area contributed by atoms with Crippen molar-refractivity contribution in [1.29, 1.82) is 0 Å². The van der Waals surface area contributed by atoms with Crippen LogP contribution in [-0.2, 0) is 19.2 Å². The molecule has 1 aliphatic rings. The summed E-state index contributed by atoms with van der Waals surface area (Å²) < 4.78 is 0.979. The molecule has 0 radical (unpaired) electrons. The Morgan fingerprint density at radius 3 is 2.40 bits per heavy atom. The van der Waals surface area contributed by atoms with Gasteiger partial charge in [0.2, 0.25) is 0 Å². The first-order chi connectivity index (χ1) is 7.15. The lowest BCUT2D eigenvalue weighted by Gasteiger charge is -2.12. The maximum Gasteiger partial charge on any atom is 0.333 e. The first-order valence-electron chi connectivity index (χ1n) is 4.77. The molecule has 1 fully saturated rings. The molecule has 0 atom stereocenters. The van der Waals surface area contributed by atoms with Crippen molar-refractivity contribution in [2.45, 2.75) is 32.1 Å². The molecule has 0 spiro atoms. The minimum absolute atomic E-state index is 0.139. The number of alkyl halides is 1. The summed E-state index contributed by atoms with van der Waals surface area (Å²) in [6.07, 6.45) is 2.18. The second kappa shape index (κ2) is 6.04. The summed E-state index contributed by atoms with van der Waals surface area (Å²) >= 11 is 2.22. The van der Waals surface area contributed by atoms with Crippen molar-refractivity contribution in [2.75, 3.05) is 4.43 Å². The molecule has 2 amide bonds. The van der Waals surface area contributed by atoms with Crippen LogP contribution in [-0.4, -0.2) is 27.3 Å². The summed E-state index contributed by atoms with van der Waals surface area (Å²) in [6, 6.07) is 0. The number of amides is 2. The minimum atomic E-state index is -0.511. The summed E-state index contributed by atoms with van der Waals surface area (Å²) in [5, 5.41) is 0.590. The zero-order valence-corrected chi connectivity index (χ0v) is 10.4. The molecule has 0 aromatic rings. The van der Waals surface area contributed by atoms with E-state index in [-0.39, 0.29) is 19.3 Å². The maximum absolute atomic E-state index is 11.2. The molecule has 0 aromatic heterocycles. The van der Waals surface area contributed by atoms with Gasteiger partial charge in [-0.1, -0.05) is 22.6 Å². The van der Waals surface area contributed by atoms with Crippen LogP contribution in [0, 0.1) is 0 Å². The smallest absolute Gasteiger partial charge is 0.330 e. The van der Waals surface area contributed by atoms with Gasteiger partial charge in [0.05, 0.1) is 0 Å². The number of hydrogen-bond acceptors (Lipinski definition) is 4. The zero-order chi connectivity index (χ0) is 11.3. The average molecular weight is 325 g/mol. The highest BCUT2D eigenvalue weighted by Gasteiger charge is 2.32. The van der Waals surface area contributed by atoms with Gasteiger partial charge < -0.3 is 4.84 Å². The van der Waals surface area contributed by atoms with Crippen LogP contribution in [0.4, 0.5) is 0 Å². The Morgan fingerprint density at radius 2 is 1.87 bits per heavy atom. The second-order valence-electron chi connectivity index (χ2n) is 3.19. The van der Waals surface area contributed by atoms with Gasteiger partial charge in [0.25, 0.3) is 11.8 Å². The van der Waals surface area contributed by atoms with Gasteiger partial charge in [-0.2, -0.15) is 0 Å². The molecule has 0 aliphatic carbocycles. The lowest BCUT2D eigenvalue weighted by molar-refractivity contribution is -0.197. The van der Waals surface area contributed by atoms with E-state index in [4.69, 9.17) is 0 Å². The largest absolute Gasteiger partial charge is 0.333 e. The number of hydroxylamine groups is 2. The highest BCUT2D eigenvalue weighted by atomic mass is 127. The first kappa shape index (κ1) is 12.4. The molecule has 1 heterocycles. The number of rotatable bonds is 5. The molecule has 15 heavy (non-hydrogen) atoms. The van der Waals surface area contributed by atoms with Crippen molar-refractivity contribution in [1.82, 2.24) is 5.06 Å². The van der Waals surface area contributed by atoms with Gasteiger partial charge >= 0.3 is 5.97 Å². The Balaban J connectivity index is 2.31. The lowest BCUT2D eigenvalue weighted by atomic mass is 10.3. The third-order valence-electron chi connectivity index (χ3n) is 1.96. The molecule has 1 aliphatic heterocycles. The van der Waals surface area contributed by atoms with Crippen molar-refractivity contribution in [3.63, 3.8) is 0 Å². The van der Waals surface area contributed by atoms with E-state index >= 15 is 0 Å². The van der Waals surface area contributed by atoms with Crippen molar-refractivity contribution in [2.24, 2.45) is 0 Å². The van der Waals surface area contributed by atoms with Crippen LogP contribution in [0.2, 0.25) is 0 Å². The lowest BCUT2D eigenvalue weighted by Crippen LogP contribution is -2.31. The first-order valence-corrected chi connectivity index (χ1v) is 6.30. The van der Waals surface area contributed by atoms with E-state index in [2.05, 4.69) is 27.4 Å². The number of imide groups is 1. The van der Waals surface area contributed by atoms with Crippen LogP contribution in [0.25, 0.3) is 0 Å². The fourth-order valence-corrected chi connectivity index (χ4v) is 1.71. The van der Waals surface area contributed by atoms with Crippen molar-refractivity contribution in [3.8, 4) is 0 Å². The van der Waals surface area contributed by atoms with Gasteiger partial charge in [-0.3, -0.25) is 9.59 Å². The summed E-state index contributed by atoms with van der Waals surface area (Å²) in [5.41, 5.74) is 0. The Labute approximate surface area is 101 Å². The van der Waals surface area contributed by atoms with E-state index in [1.165, 1.54) is 0 Å². The summed E-state index contributed by atoms with van der Waals surface area (Å²) in [5.74, 6) is -1.37. The fraction of sp³-hybridized carbons (Fsp3) is 0.667. The topological polar surface area (TPSA) is 63.7 Å². The monoisotopic (exact) mass is 325 g/mol. The highest BCUT2D eigenvalue weighted by molar-refractivity contribution is 14.1. The standard InChI is InChI=1S/C9H12INO4/c10-6-2-1-3-9(14)15-11-7(12)4-5-8(11)13/h1-6H2. The molecule has 0 aromatic carbocycles. The Hall–Kier alpha value is -0.660. The van der Waals surface area contributed by atoms with Crippen molar-refractivity contribution >= 4 is 40.4 Å². The van der Waals surface area contributed by atoms with Crippen LogP contribution in [0.15, 0.2) is 0 Å². The SMILES string of the molecule is O=C(CCCCI)ON1C(=O)CCC1=O. The molecule has 6 heteroatoms. The number of unbranched alkanes of at least 4 members (excludes halogenated alkanes) is 1. The van der Waals surface area contributed by atoms with E-state index in [9.17, 15) is 14.4 Å². The van der Waals surface area contributed by atoms with Crippen LogP contribution in [0.5, 0.6) is 0 Å². The summed E-state index contributed by atoms with van der Waals surface area (Å²) in [4.78, 5) is 38.0. The van der Waals surface area contributed by atoms with E-state index in [1.54, 1.807) is 0 Å². The van der Waals surface area contributed by atoms with E-state index < -0.39 is 17.8 Å². The third kappa shape index (κ3) is 3.77. The molecular weight excluding hydrogens is 313 g/mol. The van der Waals surface area contributed by atoms with Gasteiger partial charge in [-0.15, -0.1) is 5.06 Å². The Bertz CT molecular complexity index is 263. The summed E-state index contributed by atoms with van der Waals surface area (Å²) in [6.45, 7) is 0. The van der Waals surface area contributed by atoms with E-state index in [0.29, 0.717) is 5.06 Å². The maximum atomic E-state index is 11.2. The predicted octanol–water partition coefficient (Wildman–Crippen LogP) is 1.20. The van der Waals surface area contributed by atoms with Gasteiger partial charge in [-0.05, 0) is 17.3 Å². The average Bonchev–Trinajstić information content (AvgIpc) is 2.50. The second-order valence-corrected chi connectivity index (χ2v) is 4.27. The molecule has 1 saturated heterocycles. The minimum Gasteiger partial charge on any atom is -0.330 e. The van der Waals surface area contributed by atoms with E-state index in [1.807, 2.05) is 0 Å². The van der Waals surface area contributed by atoms with Crippen molar-refractivity contribution in [3.05, 3.63) is 0 Å². The molecular formula is C9H12INO4. The number of hydrogen-bond donors (Lipinski definition) is 0. The normalized spacial score (nSPS) is 15.9. The van der Waals surface area contributed by atoms with Gasteiger partial charge in [0, 0.05) is 19.3 Å². The molecule has 5 nitrogen and oxygen atoms in total. The predicted molar refractivity (Wildman–Crippen MR) is 59.9 cm³/mol. The molecule has 84 valence electrons. The number of halogens is 1. The molecule has 0 bridgehead atoms. The highest BCUT2D eigenvalue weighted by Crippen LogP contribution is 2.13. The van der Waals surface area contributed by atoms with Crippen LogP contribution in [0.3, 0.4) is 0 Å². The van der Waals surface area contributed by atoms with Gasteiger partial charge in [-0.25, -0.2) is 4.79 Å². The molecule has 1 rings (SSSR count). The fourth-order valence-electron chi connectivity index (χ4n) is 1.17. The molecule has 0 N–H and O–H groups in total. The number of carbonyl (C=O) groups is 3.